The SMILES string of the molecule is CCOCC(O)CN1CCCCCCC1. The van der Waals surface area contributed by atoms with E-state index in [1.54, 1.807) is 0 Å². The highest BCUT2D eigenvalue weighted by atomic mass is 16.5. The highest BCUT2D eigenvalue weighted by Crippen LogP contribution is 2.10. The lowest BCUT2D eigenvalue weighted by molar-refractivity contribution is 0.0198. The third-order valence-corrected chi connectivity index (χ3v) is 2.93. The molecule has 0 amide bonds. The molecule has 0 saturated carbocycles. The average Bonchev–Trinajstić information content (AvgIpc) is 2.19. The summed E-state index contributed by atoms with van der Waals surface area (Å²) in [5.41, 5.74) is 0. The first-order chi connectivity index (χ1) is 7.33. The quantitative estimate of drug-likeness (QED) is 0.757. The van der Waals surface area contributed by atoms with Gasteiger partial charge in [-0.15, -0.1) is 0 Å². The minimum absolute atomic E-state index is 0.315. The monoisotopic (exact) mass is 215 g/mol. The second-order valence-electron chi connectivity index (χ2n) is 4.38. The summed E-state index contributed by atoms with van der Waals surface area (Å²) in [4.78, 5) is 2.38. The van der Waals surface area contributed by atoms with E-state index in [1.165, 1.54) is 32.1 Å². The van der Waals surface area contributed by atoms with Gasteiger partial charge in [-0.2, -0.15) is 0 Å². The van der Waals surface area contributed by atoms with Crippen LogP contribution in [0.25, 0.3) is 0 Å². The Morgan fingerprint density at radius 1 is 1.13 bits per heavy atom. The van der Waals surface area contributed by atoms with Gasteiger partial charge in [-0.1, -0.05) is 19.3 Å². The van der Waals surface area contributed by atoms with Crippen molar-refractivity contribution in [3.05, 3.63) is 0 Å². The normalized spacial score (nSPS) is 22.0. The van der Waals surface area contributed by atoms with Gasteiger partial charge in [0.25, 0.3) is 0 Å². The van der Waals surface area contributed by atoms with Crippen molar-refractivity contribution in [3.63, 3.8) is 0 Å². The van der Waals surface area contributed by atoms with Crippen LogP contribution in [0.2, 0.25) is 0 Å². The van der Waals surface area contributed by atoms with E-state index >= 15 is 0 Å². The van der Waals surface area contributed by atoms with E-state index in [9.17, 15) is 5.11 Å². The predicted molar refractivity (Wildman–Crippen MR) is 62.0 cm³/mol. The van der Waals surface area contributed by atoms with Gasteiger partial charge in [-0.3, -0.25) is 0 Å². The standard InChI is InChI=1S/C12H25NO2/c1-2-15-11-12(14)10-13-8-6-4-3-5-7-9-13/h12,14H,2-11H2,1H3. The molecule has 1 unspecified atom stereocenters. The van der Waals surface area contributed by atoms with Gasteiger partial charge in [0.15, 0.2) is 0 Å². The van der Waals surface area contributed by atoms with Crippen LogP contribution in [0.5, 0.6) is 0 Å². The molecule has 1 fully saturated rings. The fraction of sp³-hybridized carbons (Fsp3) is 1.00. The second-order valence-corrected chi connectivity index (χ2v) is 4.38. The Morgan fingerprint density at radius 3 is 2.33 bits per heavy atom. The molecule has 0 aromatic carbocycles. The Hall–Kier alpha value is -0.120. The molecule has 1 N–H and O–H groups in total. The summed E-state index contributed by atoms with van der Waals surface area (Å²) in [6.07, 6.45) is 6.32. The molecule has 1 aliphatic heterocycles. The topological polar surface area (TPSA) is 32.7 Å². The third kappa shape index (κ3) is 6.13. The number of hydrogen-bond donors (Lipinski definition) is 1. The number of hydrogen-bond acceptors (Lipinski definition) is 3. The lowest BCUT2D eigenvalue weighted by atomic mass is 10.1. The maximum atomic E-state index is 9.73. The molecule has 15 heavy (non-hydrogen) atoms. The van der Waals surface area contributed by atoms with Crippen molar-refractivity contribution in [2.45, 2.75) is 45.1 Å². The summed E-state index contributed by atoms with van der Waals surface area (Å²) in [6.45, 7) is 6.19. The van der Waals surface area contributed by atoms with Crippen molar-refractivity contribution in [2.24, 2.45) is 0 Å². The van der Waals surface area contributed by atoms with E-state index in [-0.39, 0.29) is 6.10 Å². The minimum Gasteiger partial charge on any atom is -0.389 e. The van der Waals surface area contributed by atoms with Crippen LogP contribution in [0.15, 0.2) is 0 Å². The minimum atomic E-state index is -0.315. The molecule has 1 heterocycles. The van der Waals surface area contributed by atoms with E-state index in [2.05, 4.69) is 4.90 Å². The smallest absolute Gasteiger partial charge is 0.0900 e. The lowest BCUT2D eigenvalue weighted by Crippen LogP contribution is -2.36. The van der Waals surface area contributed by atoms with Crippen LogP contribution in [0.3, 0.4) is 0 Å². The van der Waals surface area contributed by atoms with Gasteiger partial charge in [0, 0.05) is 13.2 Å². The molecule has 0 aromatic heterocycles. The van der Waals surface area contributed by atoms with Crippen molar-refractivity contribution in [1.82, 2.24) is 4.90 Å². The molecule has 1 atom stereocenters. The highest BCUT2D eigenvalue weighted by Gasteiger charge is 2.12. The highest BCUT2D eigenvalue weighted by molar-refractivity contribution is 4.66. The Balaban J connectivity index is 2.16. The number of aliphatic hydroxyl groups excluding tert-OH is 1. The zero-order chi connectivity index (χ0) is 10.9. The summed E-state index contributed by atoms with van der Waals surface area (Å²) < 4.78 is 5.22. The molecule has 0 radical (unpaired) electrons. The summed E-state index contributed by atoms with van der Waals surface area (Å²) in [7, 11) is 0. The number of aliphatic hydroxyl groups is 1. The first kappa shape index (κ1) is 12.9. The predicted octanol–water partition coefficient (Wildman–Crippen LogP) is 1.65. The Bertz CT molecular complexity index is 145. The molecule has 1 aliphatic rings. The molecule has 90 valence electrons. The van der Waals surface area contributed by atoms with E-state index < -0.39 is 0 Å². The van der Waals surface area contributed by atoms with Gasteiger partial charge < -0.3 is 14.7 Å². The molecule has 1 saturated heterocycles. The number of likely N-dealkylation sites (tertiary alicyclic amines) is 1. The van der Waals surface area contributed by atoms with Crippen LogP contribution >= 0.6 is 0 Å². The summed E-state index contributed by atoms with van der Waals surface area (Å²) in [5.74, 6) is 0. The molecule has 1 rings (SSSR count). The van der Waals surface area contributed by atoms with Crippen LogP contribution in [-0.2, 0) is 4.74 Å². The van der Waals surface area contributed by atoms with E-state index in [4.69, 9.17) is 4.74 Å². The van der Waals surface area contributed by atoms with Crippen molar-refractivity contribution in [2.75, 3.05) is 32.8 Å². The number of β-amino-alcohol motifs (C(OH)–C–C–N with tert-alkyl or cyclic N) is 1. The van der Waals surface area contributed by atoms with Crippen LogP contribution in [0, 0.1) is 0 Å². The van der Waals surface area contributed by atoms with Crippen molar-refractivity contribution in [3.8, 4) is 0 Å². The Labute approximate surface area is 93.4 Å². The Kier molecular flexibility index (Phi) is 6.98. The van der Waals surface area contributed by atoms with Gasteiger partial charge >= 0.3 is 0 Å². The first-order valence-electron chi connectivity index (χ1n) is 6.31. The molecule has 0 aliphatic carbocycles. The van der Waals surface area contributed by atoms with Gasteiger partial charge in [0.1, 0.15) is 0 Å². The van der Waals surface area contributed by atoms with Crippen LogP contribution in [0.4, 0.5) is 0 Å². The molecule has 3 nitrogen and oxygen atoms in total. The van der Waals surface area contributed by atoms with E-state index in [1.807, 2.05) is 6.92 Å². The van der Waals surface area contributed by atoms with Crippen molar-refractivity contribution in [1.29, 1.82) is 0 Å². The molecule has 0 bridgehead atoms. The number of nitrogens with zero attached hydrogens (tertiary/aromatic N) is 1. The third-order valence-electron chi connectivity index (χ3n) is 2.93. The van der Waals surface area contributed by atoms with Gasteiger partial charge in [0.05, 0.1) is 12.7 Å². The molecular formula is C12H25NO2. The molecule has 3 heteroatoms. The number of ether oxygens (including phenoxy) is 1. The Morgan fingerprint density at radius 2 is 1.73 bits per heavy atom. The molecule has 0 aromatic rings. The zero-order valence-electron chi connectivity index (χ0n) is 9.95. The largest absolute Gasteiger partial charge is 0.389 e. The maximum absolute atomic E-state index is 9.73. The second kappa shape index (κ2) is 8.08. The van der Waals surface area contributed by atoms with Gasteiger partial charge in [0.2, 0.25) is 0 Å². The van der Waals surface area contributed by atoms with Crippen molar-refractivity contribution < 1.29 is 9.84 Å². The summed E-state index contributed by atoms with van der Waals surface area (Å²) >= 11 is 0. The van der Waals surface area contributed by atoms with Gasteiger partial charge in [-0.05, 0) is 32.9 Å². The molecular weight excluding hydrogens is 190 g/mol. The van der Waals surface area contributed by atoms with Gasteiger partial charge in [-0.25, -0.2) is 0 Å². The lowest BCUT2D eigenvalue weighted by Gasteiger charge is -2.26. The summed E-state index contributed by atoms with van der Waals surface area (Å²) in [5, 5.41) is 9.73. The first-order valence-corrected chi connectivity index (χ1v) is 6.31. The molecule has 0 spiro atoms. The van der Waals surface area contributed by atoms with Crippen LogP contribution < -0.4 is 0 Å². The van der Waals surface area contributed by atoms with Crippen LogP contribution in [-0.4, -0.2) is 49.0 Å². The van der Waals surface area contributed by atoms with Crippen LogP contribution in [0.1, 0.15) is 39.0 Å². The fourth-order valence-corrected chi connectivity index (χ4v) is 2.10. The average molecular weight is 215 g/mol. The van der Waals surface area contributed by atoms with E-state index in [0.29, 0.717) is 13.2 Å². The number of rotatable bonds is 5. The zero-order valence-corrected chi connectivity index (χ0v) is 9.95. The fourth-order valence-electron chi connectivity index (χ4n) is 2.10. The maximum Gasteiger partial charge on any atom is 0.0900 e. The van der Waals surface area contributed by atoms with Crippen molar-refractivity contribution >= 4 is 0 Å². The summed E-state index contributed by atoms with van der Waals surface area (Å²) in [6, 6.07) is 0. The van der Waals surface area contributed by atoms with E-state index in [0.717, 1.165) is 19.6 Å².